The van der Waals surface area contributed by atoms with Gasteiger partial charge in [0.1, 0.15) is 0 Å². The fourth-order valence-corrected chi connectivity index (χ4v) is 1.25. The molecule has 0 atom stereocenters. The average molecular weight is 290 g/mol. The Labute approximate surface area is 104 Å². The van der Waals surface area contributed by atoms with E-state index in [0.29, 0.717) is 0 Å². The molecule has 0 spiro atoms. The second-order valence-electron chi connectivity index (χ2n) is 2.98. The lowest BCUT2D eigenvalue weighted by Gasteiger charge is -2.15. The number of hydrogen-bond donors (Lipinski definition) is 1. The van der Waals surface area contributed by atoms with Crippen LogP contribution in [-0.2, 0) is 4.79 Å². The predicted molar refractivity (Wildman–Crippen MR) is 56.0 cm³/mol. The first-order valence-electron chi connectivity index (χ1n) is 4.18. The molecule has 0 bridgehead atoms. The van der Waals surface area contributed by atoms with E-state index in [4.69, 9.17) is 23.2 Å². The smallest absolute Gasteiger partial charge is 0.319 e. The number of alkyl halides is 4. The van der Waals surface area contributed by atoms with Crippen LogP contribution in [0.4, 0.5) is 23.2 Å². The van der Waals surface area contributed by atoms with Gasteiger partial charge in [0.05, 0.1) is 15.7 Å². The summed E-state index contributed by atoms with van der Waals surface area (Å²) in [6.07, 6.45) is -4.10. The van der Waals surface area contributed by atoms with Crippen molar-refractivity contribution in [1.29, 1.82) is 0 Å². The first-order valence-corrected chi connectivity index (χ1v) is 4.94. The summed E-state index contributed by atoms with van der Waals surface area (Å²) in [5, 5.41) is 1.39. The zero-order chi connectivity index (χ0) is 13.2. The van der Waals surface area contributed by atoms with Crippen molar-refractivity contribution < 1.29 is 22.4 Å². The van der Waals surface area contributed by atoms with E-state index < -0.39 is 18.3 Å². The van der Waals surface area contributed by atoms with Gasteiger partial charge in [-0.05, 0) is 12.1 Å². The third-order valence-electron chi connectivity index (χ3n) is 1.78. The van der Waals surface area contributed by atoms with E-state index in [1.165, 1.54) is 12.1 Å². The van der Waals surface area contributed by atoms with Crippen molar-refractivity contribution >= 4 is 34.8 Å². The maximum Gasteiger partial charge on any atom is 0.383 e. The summed E-state index contributed by atoms with van der Waals surface area (Å²) in [5.74, 6) is -6.93. The van der Waals surface area contributed by atoms with Crippen molar-refractivity contribution in [3.05, 3.63) is 28.2 Å². The quantitative estimate of drug-likeness (QED) is 0.842. The fourth-order valence-electron chi connectivity index (χ4n) is 0.905. The highest BCUT2D eigenvalue weighted by Crippen LogP contribution is 2.31. The van der Waals surface area contributed by atoms with Crippen LogP contribution in [-0.4, -0.2) is 18.3 Å². The standard InChI is InChI=1S/C9H5Cl2F4NO/c10-4-2-1-3-5(6(4)11)16-8(17)9(14,15)7(12)13/h1-3,7H,(H,16,17). The highest BCUT2D eigenvalue weighted by molar-refractivity contribution is 6.44. The van der Waals surface area contributed by atoms with Crippen LogP contribution < -0.4 is 5.32 Å². The Hall–Kier alpha value is -1.01. The van der Waals surface area contributed by atoms with Crippen LogP contribution in [0.15, 0.2) is 18.2 Å². The van der Waals surface area contributed by atoms with E-state index in [2.05, 4.69) is 0 Å². The van der Waals surface area contributed by atoms with Crippen LogP contribution >= 0.6 is 23.2 Å². The topological polar surface area (TPSA) is 29.1 Å². The number of nitrogens with one attached hydrogen (secondary N) is 1. The van der Waals surface area contributed by atoms with Gasteiger partial charge in [-0.25, -0.2) is 8.78 Å². The van der Waals surface area contributed by atoms with Gasteiger partial charge < -0.3 is 5.32 Å². The number of halogens is 6. The summed E-state index contributed by atoms with van der Waals surface area (Å²) in [7, 11) is 0. The largest absolute Gasteiger partial charge is 0.383 e. The van der Waals surface area contributed by atoms with Crippen LogP contribution in [0.1, 0.15) is 0 Å². The molecule has 1 N–H and O–H groups in total. The van der Waals surface area contributed by atoms with Gasteiger partial charge in [0.15, 0.2) is 0 Å². The van der Waals surface area contributed by atoms with E-state index in [9.17, 15) is 22.4 Å². The first kappa shape index (κ1) is 14.1. The monoisotopic (exact) mass is 289 g/mol. The summed E-state index contributed by atoms with van der Waals surface area (Å²) < 4.78 is 49.0. The van der Waals surface area contributed by atoms with E-state index in [1.54, 1.807) is 5.32 Å². The van der Waals surface area contributed by atoms with Crippen molar-refractivity contribution in [2.75, 3.05) is 5.32 Å². The summed E-state index contributed by atoms with van der Waals surface area (Å²) in [4.78, 5) is 10.9. The zero-order valence-corrected chi connectivity index (χ0v) is 9.50. The van der Waals surface area contributed by atoms with Gasteiger partial charge >= 0.3 is 18.3 Å². The maximum atomic E-state index is 12.6. The number of anilines is 1. The highest BCUT2D eigenvalue weighted by Gasteiger charge is 2.49. The van der Waals surface area contributed by atoms with Gasteiger partial charge in [-0.3, -0.25) is 4.79 Å². The van der Waals surface area contributed by atoms with Crippen LogP contribution in [0, 0.1) is 0 Å². The Bertz CT molecular complexity index is 439. The Morgan fingerprint density at radius 1 is 1.29 bits per heavy atom. The summed E-state index contributed by atoms with van der Waals surface area (Å²) >= 11 is 11.1. The number of carbonyl (C=O) groups is 1. The molecule has 0 unspecified atom stereocenters. The Morgan fingerprint density at radius 2 is 1.88 bits per heavy atom. The van der Waals surface area contributed by atoms with E-state index in [1.807, 2.05) is 0 Å². The van der Waals surface area contributed by atoms with Crippen LogP contribution in [0.2, 0.25) is 10.0 Å². The Balaban J connectivity index is 2.93. The third kappa shape index (κ3) is 3.01. The SMILES string of the molecule is O=C(Nc1cccc(Cl)c1Cl)C(F)(F)C(F)F. The second kappa shape index (κ2) is 5.10. The second-order valence-corrected chi connectivity index (χ2v) is 3.76. The average Bonchev–Trinajstić information content (AvgIpc) is 2.24. The molecule has 1 aromatic carbocycles. The van der Waals surface area contributed by atoms with Gasteiger partial charge in [0, 0.05) is 0 Å². The van der Waals surface area contributed by atoms with Crippen LogP contribution in [0.25, 0.3) is 0 Å². The van der Waals surface area contributed by atoms with Crippen molar-refractivity contribution in [2.45, 2.75) is 12.3 Å². The molecule has 0 aliphatic heterocycles. The highest BCUT2D eigenvalue weighted by atomic mass is 35.5. The van der Waals surface area contributed by atoms with E-state index >= 15 is 0 Å². The molecule has 17 heavy (non-hydrogen) atoms. The van der Waals surface area contributed by atoms with Crippen LogP contribution in [0.5, 0.6) is 0 Å². The minimum Gasteiger partial charge on any atom is -0.319 e. The van der Waals surface area contributed by atoms with E-state index in [-0.39, 0.29) is 15.7 Å². The lowest BCUT2D eigenvalue weighted by atomic mass is 10.2. The molecule has 1 amide bonds. The molecule has 0 saturated heterocycles. The molecule has 8 heteroatoms. The van der Waals surface area contributed by atoms with Gasteiger partial charge in [-0.15, -0.1) is 0 Å². The summed E-state index contributed by atoms with van der Waals surface area (Å²) in [6.45, 7) is 0. The number of benzene rings is 1. The predicted octanol–water partition coefficient (Wildman–Crippen LogP) is 3.83. The molecule has 0 aromatic heterocycles. The molecule has 0 heterocycles. The number of rotatable bonds is 3. The lowest BCUT2D eigenvalue weighted by Crippen LogP contribution is -2.41. The number of amides is 1. The minimum atomic E-state index is -4.79. The van der Waals surface area contributed by atoms with Gasteiger partial charge in [0.2, 0.25) is 0 Å². The minimum absolute atomic E-state index is 0.00447. The van der Waals surface area contributed by atoms with Crippen molar-refractivity contribution in [3.8, 4) is 0 Å². The number of hydrogen-bond acceptors (Lipinski definition) is 1. The molecule has 1 aromatic rings. The molecule has 0 saturated carbocycles. The van der Waals surface area contributed by atoms with Crippen molar-refractivity contribution in [1.82, 2.24) is 0 Å². The molecule has 0 radical (unpaired) electrons. The Morgan fingerprint density at radius 3 is 2.41 bits per heavy atom. The van der Waals surface area contributed by atoms with Gasteiger partial charge in [-0.2, -0.15) is 8.78 Å². The first-order chi connectivity index (χ1) is 7.76. The molecule has 94 valence electrons. The van der Waals surface area contributed by atoms with Crippen molar-refractivity contribution in [3.63, 3.8) is 0 Å². The maximum absolute atomic E-state index is 12.6. The molecular formula is C9H5Cl2F4NO. The summed E-state index contributed by atoms with van der Waals surface area (Å²) in [5.41, 5.74) is -0.260. The molecule has 0 fully saturated rings. The van der Waals surface area contributed by atoms with E-state index in [0.717, 1.165) is 6.07 Å². The molecule has 1 rings (SSSR count). The van der Waals surface area contributed by atoms with Crippen molar-refractivity contribution in [2.24, 2.45) is 0 Å². The molecule has 2 nitrogen and oxygen atoms in total. The lowest BCUT2D eigenvalue weighted by molar-refractivity contribution is -0.163. The molecular weight excluding hydrogens is 285 g/mol. The number of carbonyl (C=O) groups excluding carboxylic acids is 1. The molecule has 0 aliphatic carbocycles. The van der Waals surface area contributed by atoms with Gasteiger partial charge in [0.25, 0.3) is 0 Å². The third-order valence-corrected chi connectivity index (χ3v) is 2.60. The fraction of sp³-hybridized carbons (Fsp3) is 0.222. The van der Waals surface area contributed by atoms with Gasteiger partial charge in [-0.1, -0.05) is 29.3 Å². The molecule has 0 aliphatic rings. The van der Waals surface area contributed by atoms with Crippen LogP contribution in [0.3, 0.4) is 0 Å². The zero-order valence-electron chi connectivity index (χ0n) is 7.99. The summed E-state index contributed by atoms with van der Waals surface area (Å²) in [6, 6.07) is 3.84. The normalized spacial score (nSPS) is 11.7. The Kier molecular flexibility index (Phi) is 4.21.